The summed E-state index contributed by atoms with van der Waals surface area (Å²) in [5, 5.41) is 4.15. The third-order valence-electron chi connectivity index (χ3n) is 4.57. The number of nitrogens with one attached hydrogen (secondary N) is 2. The lowest BCUT2D eigenvalue weighted by Gasteiger charge is -2.10. The summed E-state index contributed by atoms with van der Waals surface area (Å²) in [7, 11) is -3.89. The quantitative estimate of drug-likeness (QED) is 0.390. The molecule has 3 aromatic heterocycles. The van der Waals surface area contributed by atoms with Gasteiger partial charge < -0.3 is 9.15 Å². The summed E-state index contributed by atoms with van der Waals surface area (Å²) < 4.78 is 40.2. The molecule has 0 aliphatic rings. The topological polar surface area (TPSA) is 145 Å². The molecule has 166 valence electrons. The van der Waals surface area contributed by atoms with Gasteiger partial charge in [0.1, 0.15) is 11.6 Å². The van der Waals surface area contributed by atoms with Crippen LogP contribution < -0.4 is 15.2 Å². The summed E-state index contributed by atoms with van der Waals surface area (Å²) in [6, 6.07) is 13.9. The van der Waals surface area contributed by atoms with E-state index in [1.165, 1.54) is 18.2 Å². The number of aromatic amines is 1. The number of nitrogens with zero attached hydrogens (tertiary/aromatic N) is 4. The largest absolute Gasteiger partial charge is 0.439 e. The highest BCUT2D eigenvalue weighted by Crippen LogP contribution is 2.25. The number of aryl methyl sites for hydroxylation is 1. The first-order valence-electron chi connectivity index (χ1n) is 9.65. The van der Waals surface area contributed by atoms with Gasteiger partial charge in [-0.25, -0.2) is 22.9 Å². The van der Waals surface area contributed by atoms with Crippen LogP contribution in [0.25, 0.3) is 16.9 Å². The van der Waals surface area contributed by atoms with Gasteiger partial charge >= 0.3 is 5.76 Å². The monoisotopic (exact) mass is 464 g/mol. The van der Waals surface area contributed by atoms with E-state index in [9.17, 15) is 13.2 Å². The van der Waals surface area contributed by atoms with Crippen LogP contribution in [0.5, 0.6) is 11.6 Å². The first kappa shape index (κ1) is 20.5. The molecule has 0 amide bonds. The van der Waals surface area contributed by atoms with Crippen LogP contribution in [-0.4, -0.2) is 33.2 Å². The summed E-state index contributed by atoms with van der Waals surface area (Å²) >= 11 is 0. The van der Waals surface area contributed by atoms with Crippen LogP contribution in [0, 0.1) is 6.92 Å². The molecular formula is C21H16N6O5S. The predicted molar refractivity (Wildman–Crippen MR) is 118 cm³/mol. The van der Waals surface area contributed by atoms with Crippen molar-refractivity contribution in [3.8, 4) is 17.4 Å². The number of fused-ring (bicyclic) bond motifs is 1. The SMILES string of the molecule is Cc1nc(Oc2ccc(NS(=O)(=O)c3ccc4oc(=O)[nH]c4c3)cc2)cc(-n2cccn2)n1. The van der Waals surface area contributed by atoms with Crippen LogP contribution in [0.2, 0.25) is 0 Å². The molecule has 0 saturated carbocycles. The maximum absolute atomic E-state index is 12.7. The van der Waals surface area contributed by atoms with Crippen molar-refractivity contribution < 1.29 is 17.6 Å². The maximum Gasteiger partial charge on any atom is 0.417 e. The van der Waals surface area contributed by atoms with Crippen LogP contribution >= 0.6 is 0 Å². The summed E-state index contributed by atoms with van der Waals surface area (Å²) in [5.74, 6) is 1.20. The Morgan fingerprint density at radius 1 is 1.09 bits per heavy atom. The Kier molecular flexibility index (Phi) is 4.90. The standard InChI is InChI=1S/C21H16N6O5S/c1-13-23-19(27-10-2-9-22-27)12-20(24-13)31-15-5-3-14(4-6-15)26-33(29,30)16-7-8-18-17(11-16)25-21(28)32-18/h2-12,26H,1H3,(H,25,28). The Morgan fingerprint density at radius 3 is 2.67 bits per heavy atom. The van der Waals surface area contributed by atoms with Crippen molar-refractivity contribution in [2.75, 3.05) is 4.72 Å². The molecule has 5 rings (SSSR count). The third kappa shape index (κ3) is 4.32. The molecule has 3 heterocycles. The van der Waals surface area contributed by atoms with E-state index in [0.29, 0.717) is 34.5 Å². The van der Waals surface area contributed by atoms with Crippen molar-refractivity contribution in [1.82, 2.24) is 24.7 Å². The van der Waals surface area contributed by atoms with E-state index in [1.807, 2.05) is 0 Å². The molecule has 0 aliphatic carbocycles. The summed E-state index contributed by atoms with van der Waals surface area (Å²) in [6.07, 6.45) is 3.40. The first-order chi connectivity index (χ1) is 15.9. The summed E-state index contributed by atoms with van der Waals surface area (Å²) in [5.41, 5.74) is 0.900. The molecule has 0 fully saturated rings. The molecule has 11 nitrogen and oxygen atoms in total. The number of hydrogen-bond donors (Lipinski definition) is 2. The van der Waals surface area contributed by atoms with Gasteiger partial charge in [-0.2, -0.15) is 10.1 Å². The van der Waals surface area contributed by atoms with Crippen molar-refractivity contribution in [3.05, 3.63) is 83.4 Å². The van der Waals surface area contributed by atoms with Crippen molar-refractivity contribution in [3.63, 3.8) is 0 Å². The Labute approximate surface area is 186 Å². The van der Waals surface area contributed by atoms with E-state index in [2.05, 4.69) is 24.8 Å². The fraction of sp³-hybridized carbons (Fsp3) is 0.0476. The van der Waals surface area contributed by atoms with Gasteiger partial charge in [-0.05, 0) is 55.5 Å². The highest BCUT2D eigenvalue weighted by atomic mass is 32.2. The number of ether oxygens (including phenoxy) is 1. The molecule has 0 aliphatic heterocycles. The molecule has 2 aromatic carbocycles. The second kappa shape index (κ2) is 7.91. The van der Waals surface area contributed by atoms with Crippen LogP contribution in [0.4, 0.5) is 5.69 Å². The highest BCUT2D eigenvalue weighted by Gasteiger charge is 2.16. The fourth-order valence-corrected chi connectivity index (χ4v) is 4.21. The van der Waals surface area contributed by atoms with Gasteiger partial charge in [0.25, 0.3) is 10.0 Å². The predicted octanol–water partition coefficient (Wildman–Crippen LogP) is 3.00. The average Bonchev–Trinajstić information content (AvgIpc) is 3.43. The third-order valence-corrected chi connectivity index (χ3v) is 5.95. The minimum atomic E-state index is -3.89. The maximum atomic E-state index is 12.7. The van der Waals surface area contributed by atoms with Crippen molar-refractivity contribution in [1.29, 1.82) is 0 Å². The molecule has 0 radical (unpaired) electrons. The second-order valence-electron chi connectivity index (χ2n) is 6.97. The van der Waals surface area contributed by atoms with Crippen LogP contribution in [-0.2, 0) is 10.0 Å². The van der Waals surface area contributed by atoms with E-state index in [0.717, 1.165) is 0 Å². The zero-order valence-corrected chi connectivity index (χ0v) is 17.9. The van der Waals surface area contributed by atoms with Gasteiger partial charge in [0, 0.05) is 24.1 Å². The van der Waals surface area contributed by atoms with Gasteiger partial charge in [-0.1, -0.05) is 0 Å². The number of rotatable bonds is 6. The van der Waals surface area contributed by atoms with Crippen molar-refractivity contribution in [2.24, 2.45) is 0 Å². The molecular weight excluding hydrogens is 448 g/mol. The molecule has 12 heteroatoms. The fourth-order valence-electron chi connectivity index (χ4n) is 3.12. The number of aromatic nitrogens is 5. The lowest BCUT2D eigenvalue weighted by molar-refractivity contribution is 0.459. The number of anilines is 1. The van der Waals surface area contributed by atoms with Crippen LogP contribution in [0.15, 0.2) is 81.1 Å². The molecule has 0 saturated heterocycles. The molecule has 2 N–H and O–H groups in total. The summed E-state index contributed by atoms with van der Waals surface area (Å²) in [6.45, 7) is 1.74. The van der Waals surface area contributed by atoms with Crippen molar-refractivity contribution in [2.45, 2.75) is 11.8 Å². The number of H-pyrrole nitrogens is 1. The number of benzene rings is 2. The molecule has 5 aromatic rings. The number of hydrogen-bond acceptors (Lipinski definition) is 8. The van der Waals surface area contributed by atoms with Crippen LogP contribution in [0.1, 0.15) is 5.82 Å². The van der Waals surface area contributed by atoms with Gasteiger partial charge in [-0.3, -0.25) is 9.71 Å². The van der Waals surface area contributed by atoms with Crippen molar-refractivity contribution >= 4 is 26.8 Å². The Morgan fingerprint density at radius 2 is 1.91 bits per heavy atom. The van der Waals surface area contributed by atoms with Gasteiger partial charge in [0.05, 0.1) is 10.4 Å². The summed E-state index contributed by atoms with van der Waals surface area (Å²) in [4.78, 5) is 22.3. The van der Waals surface area contributed by atoms with Gasteiger partial charge in [0.15, 0.2) is 11.4 Å². The number of sulfonamides is 1. The van der Waals surface area contributed by atoms with E-state index >= 15 is 0 Å². The molecule has 0 spiro atoms. The Balaban J connectivity index is 1.34. The Hall–Kier alpha value is -4.45. The molecule has 0 unspecified atom stereocenters. The van der Waals surface area contributed by atoms with E-state index in [1.54, 1.807) is 60.4 Å². The van der Waals surface area contributed by atoms with Crippen LogP contribution in [0.3, 0.4) is 0 Å². The lowest BCUT2D eigenvalue weighted by Crippen LogP contribution is -2.12. The molecule has 0 atom stereocenters. The van der Waals surface area contributed by atoms with E-state index in [4.69, 9.17) is 9.15 Å². The molecule has 0 bridgehead atoms. The second-order valence-corrected chi connectivity index (χ2v) is 8.65. The average molecular weight is 464 g/mol. The normalized spacial score (nSPS) is 11.5. The number of oxazole rings is 1. The lowest BCUT2D eigenvalue weighted by atomic mass is 10.3. The minimum absolute atomic E-state index is 0.0185. The highest BCUT2D eigenvalue weighted by molar-refractivity contribution is 7.92. The van der Waals surface area contributed by atoms with Gasteiger partial charge in [-0.15, -0.1) is 0 Å². The zero-order valence-electron chi connectivity index (χ0n) is 17.1. The van der Waals surface area contributed by atoms with E-state index in [-0.39, 0.29) is 10.5 Å². The van der Waals surface area contributed by atoms with Gasteiger partial charge in [0.2, 0.25) is 5.88 Å². The zero-order chi connectivity index (χ0) is 23.0. The Bertz CT molecular complexity index is 1610. The molecule has 33 heavy (non-hydrogen) atoms. The van der Waals surface area contributed by atoms with E-state index < -0.39 is 15.8 Å². The first-order valence-corrected chi connectivity index (χ1v) is 11.1. The smallest absolute Gasteiger partial charge is 0.417 e. The minimum Gasteiger partial charge on any atom is -0.439 e.